The Morgan fingerprint density at radius 3 is 2.84 bits per heavy atom. The molecule has 2 bridgehead atoms. The van der Waals surface area contributed by atoms with E-state index in [2.05, 4.69) is 0 Å². The van der Waals surface area contributed by atoms with Gasteiger partial charge < -0.3 is 19.5 Å². The van der Waals surface area contributed by atoms with E-state index in [9.17, 15) is 14.0 Å². The molecule has 0 spiro atoms. The van der Waals surface area contributed by atoms with Crippen molar-refractivity contribution in [1.29, 1.82) is 0 Å². The minimum atomic E-state index is -0.898. The summed E-state index contributed by atoms with van der Waals surface area (Å²) in [4.78, 5) is 27.6. The third-order valence-corrected chi connectivity index (χ3v) is 4.57. The molecule has 0 aromatic heterocycles. The fraction of sp³-hybridized carbons (Fsp3) is 0.529. The monoisotopic (exact) mass is 352 g/mol. The molecule has 0 saturated carbocycles. The maximum Gasteiger partial charge on any atom is 0.317 e. The second-order valence-corrected chi connectivity index (χ2v) is 6.42. The SMILES string of the molecule is COc1c(F)cccc1C(=O)N1C[C@H]2COC[C@@H]1CN(CC(=O)O)C2. The van der Waals surface area contributed by atoms with Gasteiger partial charge in [-0.05, 0) is 12.1 Å². The van der Waals surface area contributed by atoms with Gasteiger partial charge in [-0.2, -0.15) is 0 Å². The fourth-order valence-corrected chi connectivity index (χ4v) is 3.55. The summed E-state index contributed by atoms with van der Waals surface area (Å²) in [6.45, 7) is 2.13. The molecule has 0 radical (unpaired) electrons. The number of benzene rings is 1. The molecule has 1 aromatic carbocycles. The Morgan fingerprint density at radius 1 is 1.32 bits per heavy atom. The molecular formula is C17H21FN2O5. The molecule has 3 rings (SSSR count). The van der Waals surface area contributed by atoms with Gasteiger partial charge in [0.1, 0.15) is 0 Å². The molecule has 1 aromatic rings. The molecule has 1 amide bonds. The van der Waals surface area contributed by atoms with Crippen molar-refractivity contribution in [1.82, 2.24) is 9.80 Å². The van der Waals surface area contributed by atoms with Gasteiger partial charge in [-0.15, -0.1) is 0 Å². The number of halogens is 1. The summed E-state index contributed by atoms with van der Waals surface area (Å²) in [5.74, 6) is -1.88. The Hall–Kier alpha value is -2.19. The molecule has 7 nitrogen and oxygen atoms in total. The van der Waals surface area contributed by atoms with Crippen molar-refractivity contribution in [3.8, 4) is 5.75 Å². The third kappa shape index (κ3) is 3.74. The van der Waals surface area contributed by atoms with Crippen LogP contribution in [0.25, 0.3) is 0 Å². The highest BCUT2D eigenvalue weighted by molar-refractivity contribution is 5.97. The molecule has 25 heavy (non-hydrogen) atoms. The number of carbonyl (C=O) groups excluding carboxylic acids is 1. The number of fused-ring (bicyclic) bond motifs is 3. The van der Waals surface area contributed by atoms with Gasteiger partial charge in [-0.25, -0.2) is 4.39 Å². The molecule has 2 atom stereocenters. The van der Waals surface area contributed by atoms with Gasteiger partial charge in [-0.1, -0.05) is 6.07 Å². The minimum absolute atomic E-state index is 0.00959. The van der Waals surface area contributed by atoms with Crippen LogP contribution >= 0.6 is 0 Å². The van der Waals surface area contributed by atoms with Gasteiger partial charge in [0.25, 0.3) is 5.91 Å². The first-order valence-corrected chi connectivity index (χ1v) is 8.15. The lowest BCUT2D eigenvalue weighted by atomic mass is 10.1. The zero-order chi connectivity index (χ0) is 18.0. The Balaban J connectivity index is 1.88. The smallest absolute Gasteiger partial charge is 0.317 e. The summed E-state index contributed by atoms with van der Waals surface area (Å²) < 4.78 is 24.6. The first-order chi connectivity index (χ1) is 12.0. The Labute approximate surface area is 144 Å². The van der Waals surface area contributed by atoms with Gasteiger partial charge in [0.05, 0.1) is 38.5 Å². The highest BCUT2D eigenvalue weighted by atomic mass is 19.1. The van der Waals surface area contributed by atoms with Gasteiger partial charge in [0, 0.05) is 25.6 Å². The van der Waals surface area contributed by atoms with Crippen molar-refractivity contribution in [2.24, 2.45) is 5.92 Å². The molecule has 2 aliphatic rings. The molecule has 0 aliphatic carbocycles. The number of hydrogen-bond donors (Lipinski definition) is 1. The number of ether oxygens (including phenoxy) is 2. The van der Waals surface area contributed by atoms with Crippen LogP contribution in [0.2, 0.25) is 0 Å². The Morgan fingerprint density at radius 2 is 2.12 bits per heavy atom. The van der Waals surface area contributed by atoms with Crippen LogP contribution in [0.4, 0.5) is 4.39 Å². The lowest BCUT2D eigenvalue weighted by molar-refractivity contribution is -0.138. The van der Waals surface area contributed by atoms with Gasteiger partial charge in [0.2, 0.25) is 0 Å². The molecule has 1 N–H and O–H groups in total. The molecule has 2 fully saturated rings. The molecule has 2 saturated heterocycles. The van der Waals surface area contributed by atoms with E-state index >= 15 is 0 Å². The summed E-state index contributed by atoms with van der Waals surface area (Å²) in [6, 6.07) is 3.97. The molecule has 2 heterocycles. The van der Waals surface area contributed by atoms with Crippen molar-refractivity contribution in [2.45, 2.75) is 6.04 Å². The number of rotatable bonds is 4. The van der Waals surface area contributed by atoms with Crippen LogP contribution < -0.4 is 4.74 Å². The van der Waals surface area contributed by atoms with Crippen molar-refractivity contribution < 1.29 is 28.6 Å². The summed E-state index contributed by atoms with van der Waals surface area (Å²) in [7, 11) is 1.33. The number of amides is 1. The summed E-state index contributed by atoms with van der Waals surface area (Å²) in [5, 5.41) is 9.06. The first kappa shape index (κ1) is 17.6. The largest absolute Gasteiger partial charge is 0.493 e. The average Bonchev–Trinajstić information content (AvgIpc) is 2.84. The Bertz CT molecular complexity index is 668. The van der Waals surface area contributed by atoms with E-state index in [-0.39, 0.29) is 35.7 Å². The van der Waals surface area contributed by atoms with Crippen molar-refractivity contribution in [3.05, 3.63) is 29.6 Å². The number of para-hydroxylation sites is 1. The van der Waals surface area contributed by atoms with E-state index in [1.807, 2.05) is 4.90 Å². The normalized spacial score (nSPS) is 23.8. The highest BCUT2D eigenvalue weighted by Crippen LogP contribution is 2.27. The van der Waals surface area contributed by atoms with Crippen LogP contribution in [0.1, 0.15) is 10.4 Å². The lowest BCUT2D eigenvalue weighted by Crippen LogP contribution is -2.47. The van der Waals surface area contributed by atoms with E-state index in [1.165, 1.54) is 25.3 Å². The number of hydrogen-bond acceptors (Lipinski definition) is 5. The molecule has 136 valence electrons. The number of aliphatic carboxylic acids is 1. The molecule has 0 unspecified atom stereocenters. The fourth-order valence-electron chi connectivity index (χ4n) is 3.55. The van der Waals surface area contributed by atoms with Gasteiger partial charge >= 0.3 is 5.97 Å². The van der Waals surface area contributed by atoms with Gasteiger partial charge in [0.15, 0.2) is 11.6 Å². The average molecular weight is 352 g/mol. The van der Waals surface area contributed by atoms with E-state index in [1.54, 1.807) is 4.90 Å². The number of carboxylic acids is 1. The first-order valence-electron chi connectivity index (χ1n) is 8.15. The van der Waals surface area contributed by atoms with Crippen LogP contribution in [0.15, 0.2) is 18.2 Å². The number of methoxy groups -OCH3 is 1. The summed E-state index contributed by atoms with van der Waals surface area (Å²) >= 11 is 0. The molecular weight excluding hydrogens is 331 g/mol. The predicted octanol–water partition coefficient (Wildman–Crippen LogP) is 0.692. The molecule has 8 heteroatoms. The topological polar surface area (TPSA) is 79.3 Å². The van der Waals surface area contributed by atoms with Crippen molar-refractivity contribution in [3.63, 3.8) is 0 Å². The van der Waals surface area contributed by atoms with Crippen LogP contribution in [0.5, 0.6) is 5.75 Å². The van der Waals surface area contributed by atoms with Crippen molar-refractivity contribution in [2.75, 3.05) is 46.5 Å². The lowest BCUT2D eigenvalue weighted by Gasteiger charge is -2.31. The second kappa shape index (κ2) is 7.37. The van der Waals surface area contributed by atoms with Crippen LogP contribution in [0, 0.1) is 11.7 Å². The van der Waals surface area contributed by atoms with Crippen LogP contribution in [-0.4, -0.2) is 79.3 Å². The second-order valence-electron chi connectivity index (χ2n) is 6.42. The maximum atomic E-state index is 13.9. The van der Waals surface area contributed by atoms with Crippen LogP contribution in [-0.2, 0) is 9.53 Å². The Kier molecular flexibility index (Phi) is 5.19. The van der Waals surface area contributed by atoms with E-state index in [0.717, 1.165) is 0 Å². The third-order valence-electron chi connectivity index (χ3n) is 4.57. The number of nitrogens with zero attached hydrogens (tertiary/aromatic N) is 2. The predicted molar refractivity (Wildman–Crippen MR) is 86.2 cm³/mol. The highest BCUT2D eigenvalue weighted by Gasteiger charge is 2.37. The van der Waals surface area contributed by atoms with Crippen LogP contribution in [0.3, 0.4) is 0 Å². The molecule has 2 aliphatic heterocycles. The number of carboxylic acid groups (broad SMARTS) is 1. The minimum Gasteiger partial charge on any atom is -0.493 e. The zero-order valence-electron chi connectivity index (χ0n) is 14.0. The number of carbonyl (C=O) groups is 2. The van der Waals surface area contributed by atoms with Crippen molar-refractivity contribution >= 4 is 11.9 Å². The zero-order valence-corrected chi connectivity index (χ0v) is 14.0. The van der Waals surface area contributed by atoms with E-state index in [4.69, 9.17) is 14.6 Å². The van der Waals surface area contributed by atoms with E-state index < -0.39 is 11.8 Å². The maximum absolute atomic E-state index is 13.9. The summed E-state index contributed by atoms with van der Waals surface area (Å²) in [5.41, 5.74) is 0.167. The standard InChI is InChI=1S/C17H21FN2O5/c1-24-16-13(3-2-4-14(16)18)17(23)20-6-11-5-19(8-15(21)22)7-12(20)10-25-9-11/h2-4,11-12H,5-10H2,1H3,(H,21,22)/t11-,12-/m0/s1. The van der Waals surface area contributed by atoms with Gasteiger partial charge in [-0.3, -0.25) is 14.5 Å². The summed E-state index contributed by atoms with van der Waals surface area (Å²) in [6.07, 6.45) is 0. The van der Waals surface area contributed by atoms with E-state index in [0.29, 0.717) is 32.8 Å². The quantitative estimate of drug-likeness (QED) is 0.859.